The highest BCUT2D eigenvalue weighted by Crippen LogP contribution is 2.43. The van der Waals surface area contributed by atoms with Crippen LogP contribution in [0.1, 0.15) is 51.7 Å². The van der Waals surface area contributed by atoms with Crippen LogP contribution in [0.25, 0.3) is 10.9 Å². The third-order valence-electron chi connectivity index (χ3n) is 5.58. The quantitative estimate of drug-likeness (QED) is 0.700. The molecule has 0 amide bonds. The molecule has 1 aromatic carbocycles. The number of aryl methyl sites for hydroxylation is 1. The predicted molar refractivity (Wildman–Crippen MR) is 114 cm³/mol. The van der Waals surface area contributed by atoms with Crippen molar-refractivity contribution in [3.8, 4) is 6.07 Å². The van der Waals surface area contributed by atoms with Gasteiger partial charge >= 0.3 is 5.97 Å². The van der Waals surface area contributed by atoms with Crippen molar-refractivity contribution < 1.29 is 9.53 Å². The SMILES string of the molecule is CCc1cnc2cccc(C3C(C#N)=C(C)N(C)C(C)=C3C(=O)OC(C)C)c2c1. The van der Waals surface area contributed by atoms with E-state index >= 15 is 0 Å². The summed E-state index contributed by atoms with van der Waals surface area (Å²) in [6.45, 7) is 9.57. The molecule has 3 rings (SSSR count). The van der Waals surface area contributed by atoms with Gasteiger partial charge in [0.1, 0.15) is 0 Å². The lowest BCUT2D eigenvalue weighted by Crippen LogP contribution is -2.31. The van der Waals surface area contributed by atoms with Crippen molar-refractivity contribution >= 4 is 16.9 Å². The van der Waals surface area contributed by atoms with Crippen molar-refractivity contribution in [3.63, 3.8) is 0 Å². The number of ether oxygens (including phenoxy) is 1. The van der Waals surface area contributed by atoms with Crippen LogP contribution in [0.15, 0.2) is 53.0 Å². The molecular formula is C24H27N3O2. The summed E-state index contributed by atoms with van der Waals surface area (Å²) in [6, 6.07) is 10.3. The van der Waals surface area contributed by atoms with Crippen LogP contribution in [0.4, 0.5) is 0 Å². The lowest BCUT2D eigenvalue weighted by molar-refractivity contribution is -0.143. The van der Waals surface area contributed by atoms with E-state index in [9.17, 15) is 10.1 Å². The van der Waals surface area contributed by atoms with Gasteiger partial charge in [0, 0.05) is 30.0 Å². The van der Waals surface area contributed by atoms with E-state index in [4.69, 9.17) is 4.74 Å². The number of hydrogen-bond donors (Lipinski definition) is 0. The molecule has 0 N–H and O–H groups in total. The molecule has 0 fully saturated rings. The molecule has 1 unspecified atom stereocenters. The van der Waals surface area contributed by atoms with Crippen molar-refractivity contribution in [3.05, 3.63) is 64.1 Å². The number of allylic oxidation sites excluding steroid dienone is 3. The summed E-state index contributed by atoms with van der Waals surface area (Å²) in [5.41, 5.74) is 5.58. The van der Waals surface area contributed by atoms with Gasteiger partial charge in [-0.25, -0.2) is 4.79 Å². The maximum atomic E-state index is 13.1. The first-order valence-corrected chi connectivity index (χ1v) is 9.94. The highest BCUT2D eigenvalue weighted by atomic mass is 16.5. The van der Waals surface area contributed by atoms with Gasteiger partial charge in [-0.05, 0) is 57.4 Å². The zero-order valence-electron chi connectivity index (χ0n) is 17.9. The van der Waals surface area contributed by atoms with E-state index in [0.717, 1.165) is 39.8 Å². The second kappa shape index (κ2) is 8.08. The Morgan fingerprint density at radius 3 is 2.66 bits per heavy atom. The Hall–Kier alpha value is -3.13. The van der Waals surface area contributed by atoms with Crippen LogP contribution < -0.4 is 0 Å². The average Bonchev–Trinajstić information content (AvgIpc) is 2.70. The van der Waals surface area contributed by atoms with E-state index in [1.807, 2.05) is 64.0 Å². The molecule has 0 spiro atoms. The lowest BCUT2D eigenvalue weighted by Gasteiger charge is -2.35. The van der Waals surface area contributed by atoms with E-state index in [2.05, 4.69) is 24.0 Å². The molecule has 0 radical (unpaired) electrons. The summed E-state index contributed by atoms with van der Waals surface area (Å²) in [6.07, 6.45) is 2.50. The molecule has 1 aromatic heterocycles. The molecule has 0 aliphatic carbocycles. The number of aromatic nitrogens is 1. The number of fused-ring (bicyclic) bond motifs is 1. The first-order valence-electron chi connectivity index (χ1n) is 9.94. The van der Waals surface area contributed by atoms with Gasteiger partial charge in [-0.15, -0.1) is 0 Å². The Bertz CT molecular complexity index is 1070. The molecular weight excluding hydrogens is 362 g/mol. The first-order chi connectivity index (χ1) is 13.8. The van der Waals surface area contributed by atoms with Crippen LogP contribution in [0, 0.1) is 11.3 Å². The van der Waals surface area contributed by atoms with E-state index < -0.39 is 5.92 Å². The van der Waals surface area contributed by atoms with Gasteiger partial charge in [0.05, 0.1) is 34.8 Å². The third kappa shape index (κ3) is 3.63. The van der Waals surface area contributed by atoms with Crippen LogP contribution in [0.5, 0.6) is 0 Å². The highest BCUT2D eigenvalue weighted by Gasteiger charge is 2.37. The highest BCUT2D eigenvalue weighted by molar-refractivity contribution is 5.95. The number of hydrogen-bond acceptors (Lipinski definition) is 5. The van der Waals surface area contributed by atoms with E-state index in [1.54, 1.807) is 0 Å². The van der Waals surface area contributed by atoms with Gasteiger partial charge < -0.3 is 9.64 Å². The van der Waals surface area contributed by atoms with Gasteiger partial charge in [-0.1, -0.05) is 19.1 Å². The van der Waals surface area contributed by atoms with Crippen molar-refractivity contribution in [2.24, 2.45) is 0 Å². The molecule has 1 aliphatic rings. The fourth-order valence-corrected chi connectivity index (χ4v) is 3.84. The van der Waals surface area contributed by atoms with Crippen molar-refractivity contribution in [2.45, 2.75) is 53.1 Å². The standard InChI is InChI=1S/C24H27N3O2/c1-7-17-11-19-18(9-8-10-21(19)26-13-17)23-20(12-25)15(4)27(6)16(5)22(23)24(28)29-14(2)3/h8-11,13-14,23H,7H2,1-6H3. The third-order valence-corrected chi connectivity index (χ3v) is 5.58. The second-order valence-electron chi connectivity index (χ2n) is 7.67. The van der Waals surface area contributed by atoms with Crippen LogP contribution in [0.2, 0.25) is 0 Å². The van der Waals surface area contributed by atoms with Crippen molar-refractivity contribution in [2.75, 3.05) is 7.05 Å². The molecule has 5 heteroatoms. The largest absolute Gasteiger partial charge is 0.460 e. The van der Waals surface area contributed by atoms with Gasteiger partial charge in [0.15, 0.2) is 0 Å². The summed E-state index contributed by atoms with van der Waals surface area (Å²) in [5.74, 6) is -0.869. The minimum absolute atomic E-state index is 0.243. The molecule has 1 aliphatic heterocycles. The van der Waals surface area contributed by atoms with Gasteiger partial charge in [-0.3, -0.25) is 4.98 Å². The molecule has 1 atom stereocenters. The minimum atomic E-state index is -0.486. The molecule has 0 bridgehead atoms. The molecule has 29 heavy (non-hydrogen) atoms. The van der Waals surface area contributed by atoms with Gasteiger partial charge in [0.2, 0.25) is 0 Å². The maximum absolute atomic E-state index is 13.1. The maximum Gasteiger partial charge on any atom is 0.337 e. The number of carbonyl (C=O) groups excluding carboxylic acids is 1. The Kier molecular flexibility index (Phi) is 5.74. The van der Waals surface area contributed by atoms with E-state index in [1.165, 1.54) is 0 Å². The summed E-state index contributed by atoms with van der Waals surface area (Å²) in [4.78, 5) is 19.6. The zero-order chi connectivity index (χ0) is 21.3. The number of pyridine rings is 1. The fraction of sp³-hybridized carbons (Fsp3) is 0.375. The first kappa shape index (κ1) is 20.6. The number of esters is 1. The summed E-state index contributed by atoms with van der Waals surface area (Å²) < 4.78 is 5.57. The summed E-state index contributed by atoms with van der Waals surface area (Å²) >= 11 is 0. The van der Waals surface area contributed by atoms with E-state index in [0.29, 0.717) is 11.1 Å². The van der Waals surface area contributed by atoms with E-state index in [-0.39, 0.29) is 12.1 Å². The molecule has 5 nitrogen and oxygen atoms in total. The molecule has 150 valence electrons. The van der Waals surface area contributed by atoms with Crippen LogP contribution in [0.3, 0.4) is 0 Å². The number of benzene rings is 1. The smallest absolute Gasteiger partial charge is 0.337 e. The predicted octanol–water partition coefficient (Wildman–Crippen LogP) is 4.85. The van der Waals surface area contributed by atoms with Crippen LogP contribution in [-0.4, -0.2) is 29.0 Å². The summed E-state index contributed by atoms with van der Waals surface area (Å²) in [5, 5.41) is 11.0. The Labute approximate surface area is 172 Å². The Morgan fingerprint density at radius 1 is 1.31 bits per heavy atom. The second-order valence-corrected chi connectivity index (χ2v) is 7.67. The molecule has 2 aromatic rings. The average molecular weight is 389 g/mol. The minimum Gasteiger partial charge on any atom is -0.460 e. The number of carbonyl (C=O) groups is 1. The van der Waals surface area contributed by atoms with Crippen molar-refractivity contribution in [1.82, 2.24) is 9.88 Å². The normalized spacial score (nSPS) is 17.2. The Morgan fingerprint density at radius 2 is 2.03 bits per heavy atom. The molecule has 0 saturated carbocycles. The van der Waals surface area contributed by atoms with Crippen LogP contribution >= 0.6 is 0 Å². The zero-order valence-corrected chi connectivity index (χ0v) is 17.9. The Balaban J connectivity index is 2.32. The topological polar surface area (TPSA) is 66.2 Å². The molecule has 2 heterocycles. The number of rotatable bonds is 4. The lowest BCUT2D eigenvalue weighted by atomic mass is 9.79. The number of nitrogens with zero attached hydrogens (tertiary/aromatic N) is 3. The fourth-order valence-electron chi connectivity index (χ4n) is 3.84. The van der Waals surface area contributed by atoms with Gasteiger partial charge in [-0.2, -0.15) is 5.26 Å². The summed E-state index contributed by atoms with van der Waals surface area (Å²) in [7, 11) is 1.88. The van der Waals surface area contributed by atoms with Crippen molar-refractivity contribution in [1.29, 1.82) is 5.26 Å². The molecule has 0 saturated heterocycles. The van der Waals surface area contributed by atoms with Gasteiger partial charge in [0.25, 0.3) is 0 Å². The number of nitriles is 1. The monoisotopic (exact) mass is 389 g/mol. The van der Waals surface area contributed by atoms with Crippen LogP contribution in [-0.2, 0) is 16.0 Å².